The van der Waals surface area contributed by atoms with Gasteiger partial charge in [0.1, 0.15) is 12.2 Å². The molecule has 6 nitrogen and oxygen atoms in total. The van der Waals surface area contributed by atoms with Crippen molar-refractivity contribution < 1.29 is 14.3 Å². The average molecular weight is 265 g/mol. The van der Waals surface area contributed by atoms with Gasteiger partial charge in [-0.15, -0.1) is 0 Å². The lowest BCUT2D eigenvalue weighted by molar-refractivity contribution is -0.127. The van der Waals surface area contributed by atoms with E-state index in [0.29, 0.717) is 25.5 Å². The fourth-order valence-corrected chi connectivity index (χ4v) is 2.12. The summed E-state index contributed by atoms with van der Waals surface area (Å²) in [5.74, 6) is -0.139. The van der Waals surface area contributed by atoms with Gasteiger partial charge in [0.25, 0.3) is 5.91 Å². The molecule has 0 radical (unpaired) electrons. The van der Waals surface area contributed by atoms with Crippen LogP contribution < -0.4 is 0 Å². The highest BCUT2D eigenvalue weighted by molar-refractivity contribution is 5.97. The zero-order valence-corrected chi connectivity index (χ0v) is 11.5. The Morgan fingerprint density at radius 2 is 2.16 bits per heavy atom. The van der Waals surface area contributed by atoms with Crippen molar-refractivity contribution in [2.24, 2.45) is 7.05 Å². The Balaban J connectivity index is 2.06. The number of carbonyl (C=O) groups is 2. The number of ether oxygens (including phenoxy) is 1. The van der Waals surface area contributed by atoms with Crippen LogP contribution in [0, 0.1) is 6.92 Å². The maximum atomic E-state index is 12.3. The van der Waals surface area contributed by atoms with Gasteiger partial charge in [0.15, 0.2) is 0 Å². The van der Waals surface area contributed by atoms with Crippen LogP contribution in [-0.4, -0.2) is 59.7 Å². The van der Waals surface area contributed by atoms with Crippen LogP contribution in [0.2, 0.25) is 0 Å². The third kappa shape index (κ3) is 2.63. The van der Waals surface area contributed by atoms with Crippen LogP contribution in [0.3, 0.4) is 0 Å². The second-order valence-corrected chi connectivity index (χ2v) is 4.71. The lowest BCUT2D eigenvalue weighted by Crippen LogP contribution is -2.33. The Bertz CT molecular complexity index is 495. The van der Waals surface area contributed by atoms with E-state index < -0.39 is 0 Å². The zero-order chi connectivity index (χ0) is 14.0. The molecule has 0 unspecified atom stereocenters. The highest BCUT2D eigenvalue weighted by atomic mass is 16.5. The number of carbonyl (C=O) groups excluding carboxylic acids is 2. The van der Waals surface area contributed by atoms with Crippen LogP contribution in [-0.2, 0) is 16.6 Å². The minimum absolute atomic E-state index is 0.0312. The van der Waals surface area contributed by atoms with Gasteiger partial charge >= 0.3 is 0 Å². The third-order valence-electron chi connectivity index (χ3n) is 3.46. The van der Waals surface area contributed by atoms with E-state index in [1.165, 1.54) is 0 Å². The van der Waals surface area contributed by atoms with Crippen molar-refractivity contribution in [3.63, 3.8) is 0 Å². The van der Waals surface area contributed by atoms with Gasteiger partial charge in [0.05, 0.1) is 13.3 Å². The van der Waals surface area contributed by atoms with Gasteiger partial charge in [-0.05, 0) is 19.1 Å². The van der Waals surface area contributed by atoms with E-state index in [1.807, 2.05) is 24.6 Å². The molecular formula is C13H19N3O3. The second kappa shape index (κ2) is 5.44. The highest BCUT2D eigenvalue weighted by Crippen LogP contribution is 2.13. The first-order chi connectivity index (χ1) is 9.04. The molecule has 0 aliphatic carbocycles. The summed E-state index contributed by atoms with van der Waals surface area (Å²) in [7, 11) is 3.44. The fraction of sp³-hybridized carbons (Fsp3) is 0.538. The summed E-state index contributed by atoms with van der Waals surface area (Å²) < 4.78 is 6.79. The van der Waals surface area contributed by atoms with Crippen molar-refractivity contribution in [3.8, 4) is 0 Å². The van der Waals surface area contributed by atoms with Gasteiger partial charge in [-0.25, -0.2) is 0 Å². The molecule has 104 valence electrons. The van der Waals surface area contributed by atoms with Crippen molar-refractivity contribution in [1.82, 2.24) is 14.4 Å². The number of aromatic nitrogens is 1. The van der Waals surface area contributed by atoms with E-state index in [1.54, 1.807) is 23.0 Å². The summed E-state index contributed by atoms with van der Waals surface area (Å²) in [4.78, 5) is 27.3. The summed E-state index contributed by atoms with van der Waals surface area (Å²) in [6.45, 7) is 3.43. The Kier molecular flexibility index (Phi) is 3.90. The van der Waals surface area contributed by atoms with E-state index in [2.05, 4.69) is 0 Å². The molecule has 0 saturated carbocycles. The normalized spacial score (nSPS) is 15.4. The molecule has 1 saturated heterocycles. The Morgan fingerprint density at radius 1 is 1.42 bits per heavy atom. The maximum absolute atomic E-state index is 12.3. The van der Waals surface area contributed by atoms with Crippen LogP contribution in [0.4, 0.5) is 0 Å². The minimum atomic E-state index is -0.108. The number of nitrogens with zero attached hydrogens (tertiary/aromatic N) is 3. The van der Waals surface area contributed by atoms with Crippen molar-refractivity contribution in [2.75, 3.05) is 33.5 Å². The molecule has 0 spiro atoms. The molecule has 19 heavy (non-hydrogen) atoms. The monoisotopic (exact) mass is 265 g/mol. The number of hydrogen-bond acceptors (Lipinski definition) is 3. The minimum Gasteiger partial charge on any atom is -0.383 e. The van der Waals surface area contributed by atoms with Gasteiger partial charge < -0.3 is 19.1 Å². The average Bonchev–Trinajstić information content (AvgIpc) is 2.91. The van der Waals surface area contributed by atoms with Gasteiger partial charge in [-0.3, -0.25) is 9.59 Å². The smallest absolute Gasteiger partial charge is 0.272 e. The first kappa shape index (κ1) is 13.6. The maximum Gasteiger partial charge on any atom is 0.272 e. The summed E-state index contributed by atoms with van der Waals surface area (Å²) in [6, 6.07) is 3.69. The molecule has 1 aromatic heterocycles. The Morgan fingerprint density at radius 3 is 2.74 bits per heavy atom. The highest BCUT2D eigenvalue weighted by Gasteiger charge is 2.31. The molecule has 0 N–H and O–H groups in total. The summed E-state index contributed by atoms with van der Waals surface area (Å²) in [5, 5.41) is 0. The first-order valence-electron chi connectivity index (χ1n) is 6.23. The van der Waals surface area contributed by atoms with Crippen molar-refractivity contribution in [1.29, 1.82) is 0 Å². The SMILES string of the molecule is COCCN1CN(C(=O)c2ccc(C)n2C)CC1=O. The van der Waals surface area contributed by atoms with E-state index >= 15 is 0 Å². The molecule has 1 aliphatic heterocycles. The molecule has 0 aromatic carbocycles. The van der Waals surface area contributed by atoms with Crippen molar-refractivity contribution >= 4 is 11.8 Å². The topological polar surface area (TPSA) is 54.8 Å². The molecule has 2 rings (SSSR count). The Labute approximate surface area is 112 Å². The molecule has 0 atom stereocenters. The zero-order valence-electron chi connectivity index (χ0n) is 11.5. The summed E-state index contributed by atoms with van der Waals surface area (Å²) in [6.07, 6.45) is 0. The summed E-state index contributed by atoms with van der Waals surface area (Å²) in [5.41, 5.74) is 1.63. The predicted octanol–water partition coefficient (Wildman–Crippen LogP) is 0.222. The number of rotatable bonds is 4. The molecule has 6 heteroatoms. The molecule has 1 aliphatic rings. The van der Waals surface area contributed by atoms with E-state index in [0.717, 1.165) is 5.69 Å². The number of methoxy groups -OCH3 is 1. The van der Waals surface area contributed by atoms with Crippen LogP contribution >= 0.6 is 0 Å². The quantitative estimate of drug-likeness (QED) is 0.782. The van der Waals surface area contributed by atoms with Crippen LogP contribution in [0.25, 0.3) is 0 Å². The molecule has 0 bridgehead atoms. The van der Waals surface area contributed by atoms with Gasteiger partial charge in [0, 0.05) is 26.4 Å². The molecule has 2 heterocycles. The van der Waals surface area contributed by atoms with Crippen LogP contribution in [0.1, 0.15) is 16.2 Å². The lowest BCUT2D eigenvalue weighted by Gasteiger charge is -2.18. The van der Waals surface area contributed by atoms with E-state index in [-0.39, 0.29) is 18.4 Å². The molecule has 2 amide bonds. The lowest BCUT2D eigenvalue weighted by atomic mass is 10.3. The molecule has 1 aromatic rings. The van der Waals surface area contributed by atoms with Crippen molar-refractivity contribution in [3.05, 3.63) is 23.5 Å². The van der Waals surface area contributed by atoms with E-state index in [9.17, 15) is 9.59 Å². The van der Waals surface area contributed by atoms with E-state index in [4.69, 9.17) is 4.74 Å². The largest absolute Gasteiger partial charge is 0.383 e. The summed E-state index contributed by atoms with van der Waals surface area (Å²) >= 11 is 0. The van der Waals surface area contributed by atoms with Crippen LogP contribution in [0.5, 0.6) is 0 Å². The molecular weight excluding hydrogens is 246 g/mol. The first-order valence-corrected chi connectivity index (χ1v) is 6.23. The van der Waals surface area contributed by atoms with Gasteiger partial charge in [0.2, 0.25) is 5.91 Å². The van der Waals surface area contributed by atoms with Crippen molar-refractivity contribution in [2.45, 2.75) is 6.92 Å². The van der Waals surface area contributed by atoms with Gasteiger partial charge in [-0.2, -0.15) is 0 Å². The number of hydrogen-bond donors (Lipinski definition) is 0. The third-order valence-corrected chi connectivity index (χ3v) is 3.46. The second-order valence-electron chi connectivity index (χ2n) is 4.71. The predicted molar refractivity (Wildman–Crippen MR) is 69.6 cm³/mol. The standard InChI is InChI=1S/C13H19N3O3/c1-10-4-5-11(14(10)2)13(18)16-8-12(17)15(9-16)6-7-19-3/h4-5H,6-9H2,1-3H3. The number of amides is 2. The molecule has 1 fully saturated rings. The van der Waals surface area contributed by atoms with Crippen LogP contribution in [0.15, 0.2) is 12.1 Å². The number of aryl methyl sites for hydroxylation is 1. The van der Waals surface area contributed by atoms with Gasteiger partial charge in [-0.1, -0.05) is 0 Å². The fourth-order valence-electron chi connectivity index (χ4n) is 2.12. The Hall–Kier alpha value is -1.82.